The maximum Gasteiger partial charge on any atom is 0.265 e. The molecule has 0 saturated carbocycles. The van der Waals surface area contributed by atoms with E-state index in [9.17, 15) is 4.79 Å². The number of benzene rings is 3. The summed E-state index contributed by atoms with van der Waals surface area (Å²) in [4.78, 5) is 20.3. The van der Waals surface area contributed by atoms with Crippen LogP contribution in [0.3, 0.4) is 0 Å². The Morgan fingerprint density at radius 3 is 2.12 bits per heavy atom. The van der Waals surface area contributed by atoms with Gasteiger partial charge in [0.05, 0.1) is 0 Å². The second kappa shape index (κ2) is 9.90. The number of amides is 1. The minimum atomic E-state index is -0.587. The zero-order valence-electron chi connectivity index (χ0n) is 17.1. The van der Waals surface area contributed by atoms with Crippen molar-refractivity contribution in [3.8, 4) is 11.5 Å². The van der Waals surface area contributed by atoms with Gasteiger partial charge in [-0.15, -0.1) is 0 Å². The lowest BCUT2D eigenvalue weighted by Gasteiger charge is -2.10. The number of primary amides is 1. The van der Waals surface area contributed by atoms with Gasteiger partial charge in [0.1, 0.15) is 35.2 Å². The van der Waals surface area contributed by atoms with Gasteiger partial charge in [-0.25, -0.2) is 9.97 Å². The molecule has 0 spiro atoms. The highest BCUT2D eigenvalue weighted by Crippen LogP contribution is 2.24. The molecule has 0 unspecified atom stereocenters. The third-order valence-electron chi connectivity index (χ3n) is 4.41. The van der Waals surface area contributed by atoms with Gasteiger partial charge < -0.3 is 21.1 Å². The Balaban J connectivity index is 1.44. The van der Waals surface area contributed by atoms with Gasteiger partial charge in [0, 0.05) is 11.8 Å². The van der Waals surface area contributed by atoms with E-state index in [4.69, 9.17) is 10.5 Å². The van der Waals surface area contributed by atoms with E-state index in [1.807, 2.05) is 84.9 Å². The van der Waals surface area contributed by atoms with E-state index in [2.05, 4.69) is 20.6 Å². The number of carbonyl (C=O) groups is 1. The summed E-state index contributed by atoms with van der Waals surface area (Å²) < 4.78 is 5.80. The highest BCUT2D eigenvalue weighted by Gasteiger charge is 2.08. The number of hydrogen-bond acceptors (Lipinski definition) is 6. The van der Waals surface area contributed by atoms with Crippen LogP contribution in [0.4, 0.5) is 17.3 Å². The molecular weight excluding hydrogens is 402 g/mol. The molecule has 0 bridgehead atoms. The van der Waals surface area contributed by atoms with Crippen LogP contribution in [0.1, 0.15) is 5.56 Å². The summed E-state index contributed by atoms with van der Waals surface area (Å²) in [6.45, 7) is 0. The minimum absolute atomic E-state index is 0.225. The zero-order valence-corrected chi connectivity index (χ0v) is 17.1. The number of ether oxygens (including phenoxy) is 1. The summed E-state index contributed by atoms with van der Waals surface area (Å²) in [6.07, 6.45) is 3.07. The van der Waals surface area contributed by atoms with Gasteiger partial charge >= 0.3 is 0 Å². The lowest BCUT2D eigenvalue weighted by atomic mass is 10.2. The predicted octanol–water partition coefficient (Wildman–Crippen LogP) is 4.95. The van der Waals surface area contributed by atoms with Gasteiger partial charge in [0.15, 0.2) is 0 Å². The standard InChI is InChI=1S/C25H21N5O2/c26-25(31)22(15-18-7-3-1-4-8-18)30-24-16-23(27-17-28-24)29-19-11-13-21(14-12-19)32-20-9-5-2-6-10-20/h1-17H,(H2,26,31)(H2,27,28,29,30)/b22-15+. The number of rotatable bonds is 8. The summed E-state index contributed by atoms with van der Waals surface area (Å²) in [5.74, 6) is 1.91. The van der Waals surface area contributed by atoms with E-state index < -0.39 is 5.91 Å². The Morgan fingerprint density at radius 1 is 0.812 bits per heavy atom. The predicted molar refractivity (Wildman–Crippen MR) is 126 cm³/mol. The third-order valence-corrected chi connectivity index (χ3v) is 4.41. The van der Waals surface area contributed by atoms with Crippen LogP contribution < -0.4 is 21.1 Å². The number of anilines is 3. The fourth-order valence-corrected chi connectivity index (χ4v) is 2.90. The largest absolute Gasteiger partial charge is 0.457 e. The Bertz CT molecular complexity index is 1210. The second-order valence-corrected chi connectivity index (χ2v) is 6.81. The van der Waals surface area contributed by atoms with Crippen molar-refractivity contribution in [2.24, 2.45) is 5.73 Å². The van der Waals surface area contributed by atoms with Gasteiger partial charge in [-0.3, -0.25) is 4.79 Å². The molecule has 4 aromatic rings. The summed E-state index contributed by atoms with van der Waals surface area (Å²) in [6, 6.07) is 28.2. The molecule has 1 heterocycles. The molecule has 4 N–H and O–H groups in total. The number of nitrogens with one attached hydrogen (secondary N) is 2. The lowest BCUT2D eigenvalue weighted by molar-refractivity contribution is -0.114. The maximum atomic E-state index is 11.9. The molecule has 1 amide bonds. The monoisotopic (exact) mass is 423 g/mol. The van der Waals surface area contributed by atoms with Crippen LogP contribution in [0.2, 0.25) is 0 Å². The van der Waals surface area contributed by atoms with Gasteiger partial charge in [0.25, 0.3) is 5.91 Å². The molecular formula is C25H21N5O2. The van der Waals surface area contributed by atoms with Crippen molar-refractivity contribution in [3.63, 3.8) is 0 Å². The SMILES string of the molecule is NC(=O)/C(=C\c1ccccc1)Nc1cc(Nc2ccc(Oc3ccccc3)cc2)ncn1. The number of para-hydroxylation sites is 1. The van der Waals surface area contributed by atoms with Crippen molar-refractivity contribution in [2.75, 3.05) is 10.6 Å². The van der Waals surface area contributed by atoms with E-state index in [1.165, 1.54) is 6.33 Å². The Hall–Kier alpha value is -4.65. The first-order valence-electron chi connectivity index (χ1n) is 9.91. The summed E-state index contributed by atoms with van der Waals surface area (Å²) in [7, 11) is 0. The third kappa shape index (κ3) is 5.70. The van der Waals surface area contributed by atoms with Gasteiger partial charge in [-0.2, -0.15) is 0 Å². The summed E-state index contributed by atoms with van der Waals surface area (Å²) in [5, 5.41) is 6.17. The first-order valence-corrected chi connectivity index (χ1v) is 9.91. The smallest absolute Gasteiger partial charge is 0.265 e. The Kier molecular flexibility index (Phi) is 6.38. The van der Waals surface area contributed by atoms with Crippen molar-refractivity contribution >= 4 is 29.3 Å². The minimum Gasteiger partial charge on any atom is -0.457 e. The molecule has 3 aromatic carbocycles. The van der Waals surface area contributed by atoms with Crippen LogP contribution >= 0.6 is 0 Å². The molecule has 0 saturated heterocycles. The Labute approximate surface area is 185 Å². The average molecular weight is 423 g/mol. The molecule has 0 atom stereocenters. The van der Waals surface area contributed by atoms with E-state index in [-0.39, 0.29) is 5.70 Å². The number of nitrogens with zero attached hydrogens (tertiary/aromatic N) is 2. The zero-order chi connectivity index (χ0) is 22.2. The van der Waals surface area contributed by atoms with E-state index in [1.54, 1.807) is 12.1 Å². The molecule has 32 heavy (non-hydrogen) atoms. The highest BCUT2D eigenvalue weighted by molar-refractivity contribution is 5.99. The van der Waals surface area contributed by atoms with Crippen molar-refractivity contribution in [1.29, 1.82) is 0 Å². The molecule has 0 aliphatic carbocycles. The van der Waals surface area contributed by atoms with Crippen molar-refractivity contribution < 1.29 is 9.53 Å². The molecule has 4 rings (SSSR count). The van der Waals surface area contributed by atoms with E-state index in [0.717, 1.165) is 22.7 Å². The first-order chi connectivity index (χ1) is 15.7. The molecule has 0 radical (unpaired) electrons. The number of aromatic nitrogens is 2. The topological polar surface area (TPSA) is 102 Å². The lowest BCUT2D eigenvalue weighted by Crippen LogP contribution is -2.20. The van der Waals surface area contributed by atoms with Crippen molar-refractivity contribution in [1.82, 2.24) is 9.97 Å². The molecule has 158 valence electrons. The summed E-state index contributed by atoms with van der Waals surface area (Å²) >= 11 is 0. The number of carbonyl (C=O) groups excluding carboxylic acids is 1. The fraction of sp³-hybridized carbons (Fsp3) is 0. The molecule has 0 aliphatic heterocycles. The van der Waals surface area contributed by atoms with Crippen LogP contribution in [-0.4, -0.2) is 15.9 Å². The molecule has 7 heteroatoms. The van der Waals surface area contributed by atoms with Gasteiger partial charge in [0.2, 0.25) is 0 Å². The quantitative estimate of drug-likeness (QED) is 0.347. The van der Waals surface area contributed by atoms with Crippen LogP contribution in [0.5, 0.6) is 11.5 Å². The second-order valence-electron chi connectivity index (χ2n) is 6.81. The van der Waals surface area contributed by atoms with E-state index >= 15 is 0 Å². The average Bonchev–Trinajstić information content (AvgIpc) is 2.81. The molecule has 7 nitrogen and oxygen atoms in total. The van der Waals surface area contributed by atoms with Crippen LogP contribution in [0.15, 0.2) is 103 Å². The van der Waals surface area contributed by atoms with Gasteiger partial charge in [-0.1, -0.05) is 48.5 Å². The molecule has 0 aliphatic rings. The Morgan fingerprint density at radius 2 is 1.44 bits per heavy atom. The molecule has 1 aromatic heterocycles. The fourth-order valence-electron chi connectivity index (χ4n) is 2.90. The maximum absolute atomic E-state index is 11.9. The number of nitrogens with two attached hydrogens (primary N) is 1. The first kappa shape index (κ1) is 20.6. The van der Waals surface area contributed by atoms with E-state index in [0.29, 0.717) is 11.6 Å². The van der Waals surface area contributed by atoms with Crippen LogP contribution in [0.25, 0.3) is 6.08 Å². The normalized spacial score (nSPS) is 10.9. The molecule has 0 fully saturated rings. The van der Waals surface area contributed by atoms with Crippen LogP contribution in [-0.2, 0) is 4.79 Å². The van der Waals surface area contributed by atoms with Gasteiger partial charge in [-0.05, 0) is 48.0 Å². The number of hydrogen-bond donors (Lipinski definition) is 3. The van der Waals surface area contributed by atoms with Crippen molar-refractivity contribution in [3.05, 3.63) is 109 Å². The summed E-state index contributed by atoms with van der Waals surface area (Å²) in [5.41, 5.74) is 7.42. The van der Waals surface area contributed by atoms with Crippen LogP contribution in [0, 0.1) is 0 Å². The highest BCUT2D eigenvalue weighted by atomic mass is 16.5. The van der Waals surface area contributed by atoms with Crippen molar-refractivity contribution in [2.45, 2.75) is 0 Å².